The Balaban J connectivity index is 1.85. The van der Waals surface area contributed by atoms with Crippen molar-refractivity contribution in [3.63, 3.8) is 0 Å². The lowest BCUT2D eigenvalue weighted by molar-refractivity contribution is 0.593. The summed E-state index contributed by atoms with van der Waals surface area (Å²) in [5, 5.41) is 7.59. The Kier molecular flexibility index (Phi) is 3.15. The van der Waals surface area contributed by atoms with Gasteiger partial charge in [-0.3, -0.25) is 0 Å². The number of aryl methyl sites for hydroxylation is 2. The molecule has 1 aromatic carbocycles. The molecule has 1 aliphatic rings. The van der Waals surface area contributed by atoms with Crippen LogP contribution in [0.5, 0.6) is 0 Å². The van der Waals surface area contributed by atoms with E-state index in [1.54, 1.807) is 22.7 Å². The van der Waals surface area contributed by atoms with E-state index in [4.69, 9.17) is 0 Å². The molecule has 1 aliphatic heterocycles. The fourth-order valence-electron chi connectivity index (χ4n) is 3.84. The molecule has 0 N–H and O–H groups in total. The lowest BCUT2D eigenvalue weighted by atomic mass is 10.3. The van der Waals surface area contributed by atoms with Gasteiger partial charge in [0.05, 0.1) is 29.8 Å². The van der Waals surface area contributed by atoms with E-state index in [-0.39, 0.29) is 0 Å². The minimum atomic E-state index is -2.83. The number of hydrogen-bond donors (Lipinski definition) is 0. The van der Waals surface area contributed by atoms with Gasteiger partial charge < -0.3 is 4.57 Å². The van der Waals surface area contributed by atoms with Crippen molar-refractivity contribution < 1.29 is 4.57 Å². The van der Waals surface area contributed by atoms with Crippen LogP contribution in [0, 0.1) is 13.8 Å². The third-order valence-corrected chi connectivity index (χ3v) is 14.1. The predicted octanol–water partition coefficient (Wildman–Crippen LogP) is 6.48. The molecule has 6 rings (SSSR count). The van der Waals surface area contributed by atoms with Crippen molar-refractivity contribution in [2.45, 2.75) is 13.8 Å². The highest BCUT2D eigenvalue weighted by Crippen LogP contribution is 2.62. The van der Waals surface area contributed by atoms with Crippen LogP contribution in [0.4, 0.5) is 0 Å². The molecule has 0 fully saturated rings. The number of hydrogen-bond acceptors (Lipinski definition) is 5. The highest BCUT2D eigenvalue weighted by Gasteiger charge is 2.47. The second-order valence-corrected chi connectivity index (χ2v) is 13.1. The summed E-state index contributed by atoms with van der Waals surface area (Å²) in [6.45, 7) is 4.33. The molecule has 0 saturated carbocycles. The molecule has 0 atom stereocenters. The molecule has 4 aromatic heterocycles. The van der Waals surface area contributed by atoms with Gasteiger partial charge in [-0.1, -0.05) is 30.3 Å². The summed E-state index contributed by atoms with van der Waals surface area (Å²) >= 11 is 7.18. The Labute approximate surface area is 166 Å². The molecule has 26 heavy (non-hydrogen) atoms. The molecule has 5 aromatic rings. The summed E-state index contributed by atoms with van der Waals surface area (Å²) in [5.74, 6) is 0. The number of rotatable bonds is 1. The molecular formula is C20H13OPS4. The van der Waals surface area contributed by atoms with Crippen molar-refractivity contribution in [3.05, 3.63) is 52.2 Å². The van der Waals surface area contributed by atoms with Crippen molar-refractivity contribution in [1.29, 1.82) is 0 Å². The Morgan fingerprint density at radius 3 is 1.73 bits per heavy atom. The largest absolute Gasteiger partial charge is 0.308 e. The van der Waals surface area contributed by atoms with E-state index < -0.39 is 7.14 Å². The fourth-order valence-corrected chi connectivity index (χ4v) is 14.1. The van der Waals surface area contributed by atoms with Gasteiger partial charge >= 0.3 is 0 Å². The van der Waals surface area contributed by atoms with Gasteiger partial charge in [-0.25, -0.2) is 0 Å². The highest BCUT2D eigenvalue weighted by molar-refractivity contribution is 7.89. The molecular weight excluding hydrogens is 415 g/mol. The lowest BCUT2D eigenvalue weighted by Crippen LogP contribution is -2.19. The van der Waals surface area contributed by atoms with Crippen LogP contribution >= 0.6 is 52.5 Å². The van der Waals surface area contributed by atoms with Crippen LogP contribution in [-0.4, -0.2) is 0 Å². The molecule has 128 valence electrons. The first-order valence-electron chi connectivity index (χ1n) is 8.29. The first-order chi connectivity index (χ1) is 12.6. The first kappa shape index (κ1) is 15.8. The molecule has 0 radical (unpaired) electrons. The van der Waals surface area contributed by atoms with Gasteiger partial charge in [-0.2, -0.15) is 0 Å². The summed E-state index contributed by atoms with van der Waals surface area (Å²) in [4.78, 5) is 2.51. The first-order valence-corrected chi connectivity index (χ1v) is 13.4. The number of benzene rings is 1. The van der Waals surface area contributed by atoms with E-state index >= 15 is 0 Å². The van der Waals surface area contributed by atoms with Gasteiger partial charge in [0.15, 0.2) is 7.14 Å². The van der Waals surface area contributed by atoms with Crippen molar-refractivity contribution in [1.82, 2.24) is 0 Å². The van der Waals surface area contributed by atoms with Crippen molar-refractivity contribution in [2.75, 3.05) is 0 Å². The molecule has 0 amide bonds. The second kappa shape index (κ2) is 5.18. The molecule has 5 heterocycles. The van der Waals surface area contributed by atoms with Crippen molar-refractivity contribution in [2.24, 2.45) is 0 Å². The van der Waals surface area contributed by atoms with Gasteiger partial charge in [-0.05, 0) is 35.7 Å². The third-order valence-electron chi connectivity index (χ3n) is 5.06. The van der Waals surface area contributed by atoms with Gasteiger partial charge in [0.2, 0.25) is 0 Å². The zero-order valence-corrected chi connectivity index (χ0v) is 18.2. The smallest absolute Gasteiger partial charge is 0.176 e. The van der Waals surface area contributed by atoms with Crippen molar-refractivity contribution >= 4 is 87.2 Å². The fraction of sp³-hybridized carbons (Fsp3) is 0.100. The quantitative estimate of drug-likeness (QED) is 0.274. The number of thiophene rings is 4. The standard InChI is InChI=1S/C20H13OPS4/c1-10-8-23-17-13-19(25-15(10)17)20-14(18-16(26-20)11(2)9-24-18)22(13,21)12-6-4-3-5-7-12/h3-9H,1-2H3. The number of fused-ring (bicyclic) bond motifs is 7. The van der Waals surface area contributed by atoms with E-state index in [2.05, 4.69) is 24.6 Å². The van der Waals surface area contributed by atoms with Gasteiger partial charge in [-0.15, -0.1) is 45.3 Å². The Hall–Kier alpha value is -1.23. The monoisotopic (exact) mass is 428 g/mol. The van der Waals surface area contributed by atoms with Crippen LogP contribution in [0.3, 0.4) is 0 Å². The minimum absolute atomic E-state index is 0.969. The SMILES string of the molecule is Cc1csc2c3c(sc12)-c1sc2c(C)csc2c1P3(=O)c1ccccc1. The van der Waals surface area contributed by atoms with Crippen LogP contribution in [0.1, 0.15) is 11.1 Å². The Morgan fingerprint density at radius 2 is 1.23 bits per heavy atom. The summed E-state index contributed by atoms with van der Waals surface area (Å²) in [6.07, 6.45) is 0. The van der Waals surface area contributed by atoms with Crippen LogP contribution < -0.4 is 15.9 Å². The maximum absolute atomic E-state index is 14.9. The molecule has 1 nitrogen and oxygen atoms in total. The average Bonchev–Trinajstić information content (AvgIpc) is 3.40. The normalized spacial score (nSPS) is 15.0. The lowest BCUT2D eigenvalue weighted by Gasteiger charge is -2.14. The molecule has 6 heteroatoms. The van der Waals surface area contributed by atoms with Crippen LogP contribution in [-0.2, 0) is 4.57 Å². The zero-order chi connectivity index (χ0) is 17.6. The maximum atomic E-state index is 14.9. The molecule has 0 aliphatic carbocycles. The van der Waals surface area contributed by atoms with E-state index in [9.17, 15) is 4.57 Å². The topological polar surface area (TPSA) is 17.1 Å². The Bertz CT molecular complexity index is 1300. The van der Waals surface area contributed by atoms with E-state index in [0.29, 0.717) is 0 Å². The third kappa shape index (κ3) is 1.74. The summed E-state index contributed by atoms with van der Waals surface area (Å²) in [7, 11) is -2.83. The molecule has 0 unspecified atom stereocenters. The average molecular weight is 429 g/mol. The summed E-state index contributed by atoms with van der Waals surface area (Å²) in [6, 6.07) is 10.1. The van der Waals surface area contributed by atoms with E-state index in [1.807, 2.05) is 53.0 Å². The molecule has 0 spiro atoms. The minimum Gasteiger partial charge on any atom is -0.308 e. The van der Waals surface area contributed by atoms with Crippen molar-refractivity contribution in [3.8, 4) is 9.75 Å². The molecule has 0 bridgehead atoms. The summed E-state index contributed by atoms with van der Waals surface area (Å²) in [5.41, 5.74) is 2.61. The van der Waals surface area contributed by atoms with Gasteiger partial charge in [0.25, 0.3) is 0 Å². The Morgan fingerprint density at radius 1 is 0.731 bits per heavy atom. The second-order valence-electron chi connectivity index (χ2n) is 6.66. The van der Waals surface area contributed by atoms with E-state index in [0.717, 1.165) is 15.9 Å². The van der Waals surface area contributed by atoms with Crippen LogP contribution in [0.25, 0.3) is 28.6 Å². The summed E-state index contributed by atoms with van der Waals surface area (Å²) < 4.78 is 20.0. The predicted molar refractivity (Wildman–Crippen MR) is 121 cm³/mol. The zero-order valence-electron chi connectivity index (χ0n) is 14.0. The maximum Gasteiger partial charge on any atom is 0.176 e. The highest BCUT2D eigenvalue weighted by atomic mass is 32.1. The van der Waals surface area contributed by atoms with E-state index in [1.165, 1.54) is 39.7 Å². The van der Waals surface area contributed by atoms with Gasteiger partial charge in [0, 0.05) is 14.7 Å². The van der Waals surface area contributed by atoms with Crippen LogP contribution in [0.2, 0.25) is 0 Å². The van der Waals surface area contributed by atoms with Crippen LogP contribution in [0.15, 0.2) is 41.1 Å². The molecule has 0 saturated heterocycles. The van der Waals surface area contributed by atoms with Gasteiger partial charge in [0.1, 0.15) is 0 Å².